The van der Waals surface area contributed by atoms with Gasteiger partial charge in [-0.3, -0.25) is 8.74 Å². The number of aryl methyl sites for hydroxylation is 2. The van der Waals surface area contributed by atoms with E-state index in [4.69, 9.17) is 4.55 Å². The van der Waals surface area contributed by atoms with E-state index in [1.807, 2.05) is 7.05 Å². The number of hydrogen-bond acceptors (Lipinski definition) is 3. The van der Waals surface area contributed by atoms with Crippen LogP contribution in [0.3, 0.4) is 0 Å². The standard InChI is InChI=1S/C8H15N2.CH4O4S/c1-3-4-5-10-7-6-9(2)8-10;1-5-6(2,3)4/h6-8H,3-5H2,1-2H3;1H3,(H,2,3,4)/q+1;. The molecule has 0 saturated carbocycles. The van der Waals surface area contributed by atoms with E-state index in [2.05, 4.69) is 39.0 Å². The summed E-state index contributed by atoms with van der Waals surface area (Å²) in [7, 11) is -1.25. The van der Waals surface area contributed by atoms with Gasteiger partial charge < -0.3 is 0 Å². The van der Waals surface area contributed by atoms with E-state index in [1.54, 1.807) is 0 Å². The molecule has 94 valence electrons. The van der Waals surface area contributed by atoms with E-state index in [9.17, 15) is 8.42 Å². The average molecular weight is 251 g/mol. The zero-order chi connectivity index (χ0) is 12.6. The third-order valence-corrected chi connectivity index (χ3v) is 2.23. The Balaban J connectivity index is 0.000000325. The number of hydrogen-bond donors (Lipinski definition) is 1. The Morgan fingerprint density at radius 1 is 1.50 bits per heavy atom. The highest BCUT2D eigenvalue weighted by Gasteiger charge is 1.96. The van der Waals surface area contributed by atoms with Crippen LogP contribution in [0.5, 0.6) is 0 Å². The van der Waals surface area contributed by atoms with E-state index in [0.29, 0.717) is 0 Å². The summed E-state index contributed by atoms with van der Waals surface area (Å²) in [6.45, 7) is 3.36. The van der Waals surface area contributed by atoms with Gasteiger partial charge in [-0.05, 0) is 6.42 Å². The summed E-state index contributed by atoms with van der Waals surface area (Å²) in [5.41, 5.74) is 0. The van der Waals surface area contributed by atoms with Crippen LogP contribution in [0.4, 0.5) is 0 Å². The smallest absolute Gasteiger partial charge is 0.264 e. The Bertz CT molecular complexity index is 386. The van der Waals surface area contributed by atoms with Crippen LogP contribution in [0, 0.1) is 0 Å². The molecule has 1 rings (SSSR count). The van der Waals surface area contributed by atoms with Gasteiger partial charge in [-0.25, -0.2) is 9.13 Å². The zero-order valence-electron chi connectivity index (χ0n) is 9.83. The van der Waals surface area contributed by atoms with Crippen LogP contribution in [0.15, 0.2) is 18.7 Å². The van der Waals surface area contributed by atoms with Gasteiger partial charge in [-0.15, -0.1) is 0 Å². The second kappa shape index (κ2) is 7.37. The zero-order valence-corrected chi connectivity index (χ0v) is 10.6. The maximum absolute atomic E-state index is 9.33. The SMILES string of the molecule is CCCC[n+]1ccn(C)c1.COS(=O)(=O)O. The molecule has 6 nitrogen and oxygen atoms in total. The number of rotatable bonds is 4. The molecular formula is C9H19N2O4S+. The highest BCUT2D eigenvalue weighted by molar-refractivity contribution is 7.80. The molecule has 0 unspecified atom stereocenters. The first-order valence-electron chi connectivity index (χ1n) is 4.93. The van der Waals surface area contributed by atoms with Crippen LogP contribution in [0.1, 0.15) is 19.8 Å². The Morgan fingerprint density at radius 2 is 2.06 bits per heavy atom. The topological polar surface area (TPSA) is 72.4 Å². The summed E-state index contributed by atoms with van der Waals surface area (Å²) < 4.78 is 34.0. The van der Waals surface area contributed by atoms with Crippen molar-refractivity contribution in [3.63, 3.8) is 0 Å². The van der Waals surface area contributed by atoms with Crippen molar-refractivity contribution in [1.29, 1.82) is 0 Å². The number of imidazole rings is 1. The van der Waals surface area contributed by atoms with Gasteiger partial charge in [0.05, 0.1) is 20.7 Å². The van der Waals surface area contributed by atoms with Crippen LogP contribution in [0.2, 0.25) is 0 Å². The van der Waals surface area contributed by atoms with Gasteiger partial charge in [0.15, 0.2) is 0 Å². The Labute approximate surface area is 96.4 Å². The molecule has 0 fully saturated rings. The van der Waals surface area contributed by atoms with Gasteiger partial charge in [0, 0.05) is 0 Å². The van der Waals surface area contributed by atoms with Gasteiger partial charge in [0.25, 0.3) is 0 Å². The molecule has 0 amide bonds. The van der Waals surface area contributed by atoms with Crippen molar-refractivity contribution in [2.24, 2.45) is 7.05 Å². The van der Waals surface area contributed by atoms with Crippen LogP contribution in [-0.2, 0) is 28.2 Å². The summed E-state index contributed by atoms with van der Waals surface area (Å²) in [6, 6.07) is 0. The maximum Gasteiger partial charge on any atom is 0.397 e. The van der Waals surface area contributed by atoms with Crippen LogP contribution in [-0.4, -0.2) is 24.6 Å². The molecular weight excluding hydrogens is 232 g/mol. The predicted octanol–water partition coefficient (Wildman–Crippen LogP) is 0.548. The van der Waals surface area contributed by atoms with E-state index in [1.165, 1.54) is 12.8 Å². The van der Waals surface area contributed by atoms with Crippen LogP contribution < -0.4 is 4.57 Å². The Kier molecular flexibility index (Phi) is 6.95. The van der Waals surface area contributed by atoms with Gasteiger partial charge in [-0.1, -0.05) is 13.3 Å². The first-order valence-corrected chi connectivity index (χ1v) is 6.29. The summed E-state index contributed by atoms with van der Waals surface area (Å²) in [5, 5.41) is 0. The minimum atomic E-state index is -4.16. The molecule has 0 aliphatic carbocycles. The largest absolute Gasteiger partial charge is 0.397 e. The third-order valence-electron chi connectivity index (χ3n) is 1.80. The summed E-state index contributed by atoms with van der Waals surface area (Å²) in [4.78, 5) is 0. The molecule has 0 aliphatic heterocycles. The van der Waals surface area contributed by atoms with E-state index >= 15 is 0 Å². The number of aromatic nitrogens is 2. The predicted molar refractivity (Wildman–Crippen MR) is 59.1 cm³/mol. The second-order valence-corrected chi connectivity index (χ2v) is 4.45. The molecule has 1 aromatic heterocycles. The van der Waals surface area contributed by atoms with Crippen molar-refractivity contribution in [1.82, 2.24) is 4.57 Å². The fraction of sp³-hybridized carbons (Fsp3) is 0.667. The fourth-order valence-corrected chi connectivity index (χ4v) is 0.975. The molecule has 0 atom stereocenters. The van der Waals surface area contributed by atoms with E-state index in [0.717, 1.165) is 13.7 Å². The van der Waals surface area contributed by atoms with Crippen molar-refractivity contribution in [2.45, 2.75) is 26.3 Å². The van der Waals surface area contributed by atoms with Crippen LogP contribution in [0.25, 0.3) is 0 Å². The van der Waals surface area contributed by atoms with Crippen molar-refractivity contribution in [3.8, 4) is 0 Å². The lowest BCUT2D eigenvalue weighted by molar-refractivity contribution is -0.696. The molecule has 0 saturated heterocycles. The molecule has 0 spiro atoms. The van der Waals surface area contributed by atoms with Crippen molar-refractivity contribution >= 4 is 10.4 Å². The van der Waals surface area contributed by atoms with Gasteiger partial charge in [0.1, 0.15) is 12.4 Å². The highest BCUT2D eigenvalue weighted by Crippen LogP contribution is 1.85. The van der Waals surface area contributed by atoms with Gasteiger partial charge >= 0.3 is 10.4 Å². The fourth-order valence-electron chi connectivity index (χ4n) is 0.975. The molecule has 7 heteroatoms. The second-order valence-electron chi connectivity index (χ2n) is 3.26. The van der Waals surface area contributed by atoms with Gasteiger partial charge in [-0.2, -0.15) is 8.42 Å². The molecule has 1 heterocycles. The average Bonchev–Trinajstić information content (AvgIpc) is 2.61. The molecule has 0 radical (unpaired) electrons. The summed E-state index contributed by atoms with van der Waals surface area (Å²) >= 11 is 0. The molecule has 1 aromatic rings. The lowest BCUT2D eigenvalue weighted by Gasteiger charge is -1.90. The highest BCUT2D eigenvalue weighted by atomic mass is 32.3. The van der Waals surface area contributed by atoms with Crippen molar-refractivity contribution in [3.05, 3.63) is 18.7 Å². The van der Waals surface area contributed by atoms with E-state index < -0.39 is 10.4 Å². The first-order chi connectivity index (χ1) is 7.39. The first kappa shape index (κ1) is 15.1. The maximum atomic E-state index is 9.33. The van der Waals surface area contributed by atoms with E-state index in [-0.39, 0.29) is 0 Å². The summed E-state index contributed by atoms with van der Waals surface area (Å²) in [5.74, 6) is 0. The quantitative estimate of drug-likeness (QED) is 0.626. The lowest BCUT2D eigenvalue weighted by atomic mass is 10.3. The Hall–Kier alpha value is -0.920. The van der Waals surface area contributed by atoms with Crippen LogP contribution >= 0.6 is 0 Å². The molecule has 0 bridgehead atoms. The summed E-state index contributed by atoms with van der Waals surface area (Å²) in [6.07, 6.45) is 8.82. The third kappa shape index (κ3) is 8.39. The van der Waals surface area contributed by atoms with Crippen molar-refractivity contribution < 1.29 is 21.7 Å². The number of unbranched alkanes of at least 4 members (excludes halogenated alkanes) is 1. The van der Waals surface area contributed by atoms with Crippen molar-refractivity contribution in [2.75, 3.05) is 7.11 Å². The van der Waals surface area contributed by atoms with Gasteiger partial charge in [0.2, 0.25) is 6.33 Å². The number of nitrogens with zero attached hydrogens (tertiary/aromatic N) is 2. The minimum Gasteiger partial charge on any atom is -0.264 e. The monoisotopic (exact) mass is 251 g/mol. The normalized spacial score (nSPS) is 10.8. The molecule has 1 N–H and O–H groups in total. The Morgan fingerprint density at radius 3 is 2.38 bits per heavy atom. The minimum absolute atomic E-state index is 0.870. The molecule has 0 aromatic carbocycles. The molecule has 16 heavy (non-hydrogen) atoms. The molecule has 0 aliphatic rings. The lowest BCUT2D eigenvalue weighted by Crippen LogP contribution is -2.30.